The smallest absolute Gasteiger partial charge is 0.0361 e. The number of rotatable bonds is 6. The second-order valence-corrected chi connectivity index (χ2v) is 10.6. The van der Waals surface area contributed by atoms with Crippen LogP contribution < -0.4 is 4.90 Å². The highest BCUT2D eigenvalue weighted by Crippen LogP contribution is 2.63. The van der Waals surface area contributed by atoms with Gasteiger partial charge < -0.3 is 4.90 Å². The van der Waals surface area contributed by atoms with Crippen molar-refractivity contribution in [2.45, 2.75) is 65.7 Å². The minimum absolute atomic E-state index is 0.518. The Kier molecular flexibility index (Phi) is 6.56. The van der Waals surface area contributed by atoms with Gasteiger partial charge in [-0.25, -0.2) is 0 Å². The van der Waals surface area contributed by atoms with Gasteiger partial charge in [0.25, 0.3) is 0 Å². The molecule has 2 saturated carbocycles. The second-order valence-electron chi connectivity index (χ2n) is 10.2. The first kappa shape index (κ1) is 21.1. The van der Waals surface area contributed by atoms with Gasteiger partial charge in [0, 0.05) is 19.8 Å². The van der Waals surface area contributed by atoms with Crippen LogP contribution in [0.15, 0.2) is 24.3 Å². The molecule has 0 spiro atoms. The van der Waals surface area contributed by atoms with E-state index >= 15 is 0 Å². The Labute approximate surface area is 173 Å². The summed E-state index contributed by atoms with van der Waals surface area (Å²) in [4.78, 5) is 2.20. The van der Waals surface area contributed by atoms with E-state index in [-0.39, 0.29) is 0 Å². The lowest BCUT2D eigenvalue weighted by Gasteiger charge is -2.53. The van der Waals surface area contributed by atoms with Crippen molar-refractivity contribution in [2.24, 2.45) is 35.0 Å². The van der Waals surface area contributed by atoms with Gasteiger partial charge in [-0.1, -0.05) is 39.8 Å². The minimum Gasteiger partial charge on any atom is -0.378 e. The SMILES string of the molecule is CC(CCCS)C1C(c2ccc(N(C)C)cc2)CC2(C)C(C)CCC2C1C. The fraction of sp³-hybridized carbons (Fsp3) is 0.760. The molecule has 7 unspecified atom stereocenters. The van der Waals surface area contributed by atoms with Gasteiger partial charge >= 0.3 is 0 Å². The molecule has 0 amide bonds. The predicted molar refractivity (Wildman–Crippen MR) is 123 cm³/mol. The van der Waals surface area contributed by atoms with E-state index in [1.165, 1.54) is 37.8 Å². The van der Waals surface area contributed by atoms with Crippen molar-refractivity contribution in [3.05, 3.63) is 29.8 Å². The molecule has 0 heterocycles. The van der Waals surface area contributed by atoms with Crippen LogP contribution in [-0.4, -0.2) is 19.8 Å². The van der Waals surface area contributed by atoms with Gasteiger partial charge in [0.2, 0.25) is 0 Å². The standard InChI is InChI=1S/C25H41NS/c1-17(8-7-15-27)24-19(3)23-14-9-18(2)25(23,4)16-22(24)20-10-12-21(13-11-20)26(5)6/h10-13,17-19,22-24,27H,7-9,14-16H2,1-6H3. The number of hydrogen-bond donors (Lipinski definition) is 1. The number of hydrogen-bond acceptors (Lipinski definition) is 2. The molecule has 152 valence electrons. The minimum atomic E-state index is 0.518. The van der Waals surface area contributed by atoms with Gasteiger partial charge in [0.05, 0.1) is 0 Å². The third kappa shape index (κ3) is 3.93. The zero-order valence-corrected chi connectivity index (χ0v) is 19.3. The molecule has 2 aliphatic carbocycles. The molecule has 1 nitrogen and oxygen atoms in total. The number of benzene rings is 1. The van der Waals surface area contributed by atoms with E-state index < -0.39 is 0 Å². The first-order chi connectivity index (χ1) is 12.8. The molecule has 27 heavy (non-hydrogen) atoms. The Bertz CT molecular complexity index is 609. The first-order valence-corrected chi connectivity index (χ1v) is 11.8. The highest BCUT2D eigenvalue weighted by Gasteiger charge is 2.54. The monoisotopic (exact) mass is 387 g/mol. The topological polar surface area (TPSA) is 3.24 Å². The maximum absolute atomic E-state index is 4.49. The molecule has 0 bridgehead atoms. The van der Waals surface area contributed by atoms with E-state index in [1.54, 1.807) is 5.56 Å². The van der Waals surface area contributed by atoms with Crippen molar-refractivity contribution in [3.63, 3.8) is 0 Å². The van der Waals surface area contributed by atoms with Gasteiger partial charge in [0.15, 0.2) is 0 Å². The molecule has 7 atom stereocenters. The van der Waals surface area contributed by atoms with E-state index in [1.807, 2.05) is 0 Å². The number of anilines is 1. The molecule has 2 fully saturated rings. The third-order valence-corrected chi connectivity index (χ3v) is 8.88. The third-order valence-electron chi connectivity index (χ3n) is 8.56. The largest absolute Gasteiger partial charge is 0.378 e. The molecule has 0 N–H and O–H groups in total. The highest BCUT2D eigenvalue weighted by molar-refractivity contribution is 7.80. The van der Waals surface area contributed by atoms with Crippen LogP contribution in [0.2, 0.25) is 0 Å². The molecule has 0 aromatic heterocycles. The Morgan fingerprint density at radius 3 is 2.41 bits per heavy atom. The maximum atomic E-state index is 4.49. The summed E-state index contributed by atoms with van der Waals surface area (Å²) >= 11 is 4.49. The Balaban J connectivity index is 1.94. The quantitative estimate of drug-likeness (QED) is 0.520. The lowest BCUT2D eigenvalue weighted by atomic mass is 9.51. The van der Waals surface area contributed by atoms with Crippen molar-refractivity contribution in [2.75, 3.05) is 24.7 Å². The Morgan fingerprint density at radius 1 is 1.15 bits per heavy atom. The number of fused-ring (bicyclic) bond motifs is 1. The molecular weight excluding hydrogens is 346 g/mol. The second kappa shape index (κ2) is 8.39. The van der Waals surface area contributed by atoms with Crippen LogP contribution in [0.1, 0.15) is 71.3 Å². The Hall–Kier alpha value is -0.630. The lowest BCUT2D eigenvalue weighted by molar-refractivity contribution is -0.0135. The van der Waals surface area contributed by atoms with Gasteiger partial charge in [-0.15, -0.1) is 0 Å². The molecule has 3 rings (SSSR count). The fourth-order valence-electron chi connectivity index (χ4n) is 6.80. The summed E-state index contributed by atoms with van der Waals surface area (Å²) in [6, 6.07) is 9.49. The van der Waals surface area contributed by atoms with Crippen LogP contribution in [0.5, 0.6) is 0 Å². The molecule has 1 aromatic rings. The predicted octanol–water partition coefficient (Wildman–Crippen LogP) is 6.89. The first-order valence-electron chi connectivity index (χ1n) is 11.2. The van der Waals surface area contributed by atoms with Crippen LogP contribution in [-0.2, 0) is 0 Å². The van der Waals surface area contributed by atoms with E-state index in [9.17, 15) is 0 Å². The molecule has 1 aromatic carbocycles. The molecule has 0 radical (unpaired) electrons. The summed E-state index contributed by atoms with van der Waals surface area (Å²) < 4.78 is 0. The van der Waals surface area contributed by atoms with E-state index in [4.69, 9.17) is 0 Å². The van der Waals surface area contributed by atoms with E-state index in [0.717, 1.165) is 35.3 Å². The summed E-state index contributed by atoms with van der Waals surface area (Å²) in [6.07, 6.45) is 6.82. The summed E-state index contributed by atoms with van der Waals surface area (Å²) in [5.74, 6) is 5.90. The van der Waals surface area contributed by atoms with Gasteiger partial charge in [-0.2, -0.15) is 12.6 Å². The van der Waals surface area contributed by atoms with Crippen molar-refractivity contribution in [1.82, 2.24) is 0 Å². The van der Waals surface area contributed by atoms with Crippen LogP contribution in [0.4, 0.5) is 5.69 Å². The van der Waals surface area contributed by atoms with Crippen molar-refractivity contribution in [1.29, 1.82) is 0 Å². The van der Waals surface area contributed by atoms with Crippen molar-refractivity contribution >= 4 is 18.3 Å². The summed E-state index contributed by atoms with van der Waals surface area (Å²) in [5, 5.41) is 0. The van der Waals surface area contributed by atoms with E-state index in [2.05, 4.69) is 83.6 Å². The van der Waals surface area contributed by atoms with Crippen molar-refractivity contribution in [3.8, 4) is 0 Å². The summed E-state index contributed by atoms with van der Waals surface area (Å²) in [7, 11) is 4.26. The Morgan fingerprint density at radius 2 is 1.81 bits per heavy atom. The molecular formula is C25H41NS. The molecule has 2 aliphatic rings. The fourth-order valence-corrected chi connectivity index (χ4v) is 6.98. The number of thiol groups is 1. The lowest BCUT2D eigenvalue weighted by Crippen LogP contribution is -2.45. The van der Waals surface area contributed by atoms with Gasteiger partial charge in [-0.3, -0.25) is 0 Å². The van der Waals surface area contributed by atoms with Crippen molar-refractivity contribution < 1.29 is 0 Å². The van der Waals surface area contributed by atoms with Gasteiger partial charge in [-0.05, 0) is 96.5 Å². The summed E-state index contributed by atoms with van der Waals surface area (Å²) in [6.45, 7) is 10.2. The van der Waals surface area contributed by atoms with Crippen LogP contribution >= 0.6 is 12.6 Å². The van der Waals surface area contributed by atoms with Gasteiger partial charge in [0.1, 0.15) is 0 Å². The zero-order chi connectivity index (χ0) is 19.8. The average molecular weight is 388 g/mol. The molecule has 2 heteroatoms. The van der Waals surface area contributed by atoms with Crippen LogP contribution in [0, 0.1) is 35.0 Å². The number of nitrogens with zero attached hydrogens (tertiary/aromatic N) is 1. The zero-order valence-electron chi connectivity index (χ0n) is 18.4. The molecule has 0 aliphatic heterocycles. The van der Waals surface area contributed by atoms with E-state index in [0.29, 0.717) is 11.3 Å². The van der Waals surface area contributed by atoms with Crippen LogP contribution in [0.25, 0.3) is 0 Å². The normalized spacial score (nSPS) is 37.1. The maximum Gasteiger partial charge on any atom is 0.0361 e. The molecule has 0 saturated heterocycles. The average Bonchev–Trinajstić information content (AvgIpc) is 2.95. The van der Waals surface area contributed by atoms with Crippen LogP contribution in [0.3, 0.4) is 0 Å². The summed E-state index contributed by atoms with van der Waals surface area (Å²) in [5.41, 5.74) is 3.40. The highest BCUT2D eigenvalue weighted by atomic mass is 32.1.